The lowest BCUT2D eigenvalue weighted by Gasteiger charge is -2.17. The summed E-state index contributed by atoms with van der Waals surface area (Å²) in [6.07, 6.45) is 5.64. The molecular formula is C12H20N4O2. The molecule has 0 bridgehead atoms. The van der Waals surface area contributed by atoms with Gasteiger partial charge in [0.05, 0.1) is 5.92 Å². The van der Waals surface area contributed by atoms with Crippen LogP contribution in [0.15, 0.2) is 23.8 Å². The summed E-state index contributed by atoms with van der Waals surface area (Å²) in [5.41, 5.74) is 11.2. The fourth-order valence-corrected chi connectivity index (χ4v) is 1.65. The van der Waals surface area contributed by atoms with E-state index in [0.29, 0.717) is 38.2 Å². The molecule has 0 aromatic heterocycles. The van der Waals surface area contributed by atoms with E-state index in [4.69, 9.17) is 11.5 Å². The SMILES string of the molecule is NCCNC(=O)C1=CC=CC(C(=O)NCCN)C1. The Labute approximate surface area is 106 Å². The Morgan fingerprint density at radius 1 is 1.22 bits per heavy atom. The Balaban J connectivity index is 2.50. The first kappa shape index (κ1) is 14.4. The normalized spacial score (nSPS) is 18.1. The van der Waals surface area contributed by atoms with E-state index in [1.807, 2.05) is 0 Å². The van der Waals surface area contributed by atoms with Crippen molar-refractivity contribution in [2.45, 2.75) is 6.42 Å². The molecule has 6 nitrogen and oxygen atoms in total. The number of carbonyl (C=O) groups is 2. The summed E-state index contributed by atoms with van der Waals surface area (Å²) in [4.78, 5) is 23.5. The van der Waals surface area contributed by atoms with Crippen LogP contribution in [0.4, 0.5) is 0 Å². The number of hydrogen-bond donors (Lipinski definition) is 4. The van der Waals surface area contributed by atoms with E-state index in [0.717, 1.165) is 0 Å². The lowest BCUT2D eigenvalue weighted by molar-refractivity contribution is -0.123. The first-order valence-corrected chi connectivity index (χ1v) is 6.02. The van der Waals surface area contributed by atoms with Crippen LogP contribution in [0.3, 0.4) is 0 Å². The molecule has 0 radical (unpaired) electrons. The monoisotopic (exact) mass is 252 g/mol. The largest absolute Gasteiger partial charge is 0.354 e. The topological polar surface area (TPSA) is 110 Å². The van der Waals surface area contributed by atoms with Gasteiger partial charge in [0.25, 0.3) is 0 Å². The fourth-order valence-electron chi connectivity index (χ4n) is 1.65. The fraction of sp³-hybridized carbons (Fsp3) is 0.500. The lowest BCUT2D eigenvalue weighted by Crippen LogP contribution is -2.36. The summed E-state index contributed by atoms with van der Waals surface area (Å²) in [6.45, 7) is 1.68. The molecular weight excluding hydrogens is 232 g/mol. The molecule has 1 aliphatic rings. The van der Waals surface area contributed by atoms with Crippen molar-refractivity contribution in [2.75, 3.05) is 26.2 Å². The van der Waals surface area contributed by atoms with Gasteiger partial charge in [-0.3, -0.25) is 9.59 Å². The van der Waals surface area contributed by atoms with Gasteiger partial charge >= 0.3 is 0 Å². The van der Waals surface area contributed by atoms with Crippen molar-refractivity contribution in [1.29, 1.82) is 0 Å². The molecule has 100 valence electrons. The second-order valence-electron chi connectivity index (χ2n) is 4.01. The molecule has 1 atom stereocenters. The van der Waals surface area contributed by atoms with Crippen LogP contribution in [-0.4, -0.2) is 38.0 Å². The van der Waals surface area contributed by atoms with Gasteiger partial charge in [0.15, 0.2) is 0 Å². The van der Waals surface area contributed by atoms with E-state index in [1.54, 1.807) is 18.2 Å². The van der Waals surface area contributed by atoms with Crippen molar-refractivity contribution in [3.8, 4) is 0 Å². The number of amides is 2. The number of nitrogens with one attached hydrogen (secondary N) is 2. The van der Waals surface area contributed by atoms with Gasteiger partial charge in [0, 0.05) is 31.8 Å². The average Bonchev–Trinajstić information content (AvgIpc) is 2.42. The summed E-state index contributed by atoms with van der Waals surface area (Å²) in [7, 11) is 0. The second-order valence-corrected chi connectivity index (χ2v) is 4.01. The van der Waals surface area contributed by atoms with Crippen molar-refractivity contribution >= 4 is 11.8 Å². The van der Waals surface area contributed by atoms with Crippen LogP contribution in [0.1, 0.15) is 6.42 Å². The highest BCUT2D eigenvalue weighted by atomic mass is 16.2. The van der Waals surface area contributed by atoms with Gasteiger partial charge in [-0.2, -0.15) is 0 Å². The maximum absolute atomic E-state index is 11.7. The summed E-state index contributed by atoms with van der Waals surface area (Å²) in [5.74, 6) is -0.574. The third-order valence-corrected chi connectivity index (χ3v) is 2.58. The van der Waals surface area contributed by atoms with Gasteiger partial charge in [-0.1, -0.05) is 18.2 Å². The highest BCUT2D eigenvalue weighted by Gasteiger charge is 2.22. The molecule has 0 aliphatic heterocycles. The Morgan fingerprint density at radius 3 is 2.56 bits per heavy atom. The Hall–Kier alpha value is -1.66. The summed E-state index contributed by atoms with van der Waals surface area (Å²) < 4.78 is 0. The van der Waals surface area contributed by atoms with Crippen molar-refractivity contribution in [3.05, 3.63) is 23.8 Å². The summed E-state index contributed by atoms with van der Waals surface area (Å²) in [5, 5.41) is 5.40. The highest BCUT2D eigenvalue weighted by molar-refractivity contribution is 5.95. The van der Waals surface area contributed by atoms with Gasteiger partial charge in [-0.25, -0.2) is 0 Å². The minimum atomic E-state index is -0.305. The second kappa shape index (κ2) is 7.62. The van der Waals surface area contributed by atoms with Crippen LogP contribution in [0.5, 0.6) is 0 Å². The van der Waals surface area contributed by atoms with Crippen molar-refractivity contribution in [3.63, 3.8) is 0 Å². The third-order valence-electron chi connectivity index (χ3n) is 2.58. The molecule has 0 spiro atoms. The number of allylic oxidation sites excluding steroid dienone is 2. The molecule has 0 heterocycles. The van der Waals surface area contributed by atoms with Crippen LogP contribution in [-0.2, 0) is 9.59 Å². The molecule has 6 heteroatoms. The molecule has 6 N–H and O–H groups in total. The standard InChI is InChI=1S/C12H20N4O2/c13-4-6-15-11(17)9-2-1-3-10(8-9)12(18)16-7-5-14/h1-3,9H,4-8,13-14H2,(H,15,17)(H,16,18). The molecule has 0 fully saturated rings. The molecule has 0 aromatic carbocycles. The Kier molecular flexibility index (Phi) is 6.10. The number of hydrogen-bond acceptors (Lipinski definition) is 4. The van der Waals surface area contributed by atoms with Gasteiger partial charge < -0.3 is 22.1 Å². The lowest BCUT2D eigenvalue weighted by atomic mass is 9.93. The zero-order valence-corrected chi connectivity index (χ0v) is 10.3. The molecule has 0 aromatic rings. The maximum Gasteiger partial charge on any atom is 0.247 e. The van der Waals surface area contributed by atoms with Crippen molar-refractivity contribution in [2.24, 2.45) is 17.4 Å². The minimum Gasteiger partial charge on any atom is -0.354 e. The molecule has 18 heavy (non-hydrogen) atoms. The predicted octanol–water partition coefficient (Wildman–Crippen LogP) is -1.36. The minimum absolute atomic E-state index is 0.103. The molecule has 1 aliphatic carbocycles. The van der Waals surface area contributed by atoms with E-state index in [1.165, 1.54) is 0 Å². The summed E-state index contributed by atoms with van der Waals surface area (Å²) in [6, 6.07) is 0. The maximum atomic E-state index is 11.7. The zero-order valence-electron chi connectivity index (χ0n) is 10.3. The van der Waals surface area contributed by atoms with Crippen LogP contribution in [0, 0.1) is 5.92 Å². The zero-order chi connectivity index (χ0) is 13.4. The smallest absolute Gasteiger partial charge is 0.247 e. The number of nitrogens with two attached hydrogens (primary N) is 2. The quantitative estimate of drug-likeness (QED) is 0.468. The third kappa shape index (κ3) is 4.31. The molecule has 2 amide bonds. The van der Waals surface area contributed by atoms with Crippen LogP contribution >= 0.6 is 0 Å². The molecule has 1 unspecified atom stereocenters. The van der Waals surface area contributed by atoms with Crippen molar-refractivity contribution < 1.29 is 9.59 Å². The van der Waals surface area contributed by atoms with E-state index in [9.17, 15) is 9.59 Å². The van der Waals surface area contributed by atoms with E-state index < -0.39 is 0 Å². The first-order chi connectivity index (χ1) is 8.69. The van der Waals surface area contributed by atoms with Gasteiger partial charge in [0.1, 0.15) is 0 Å². The average molecular weight is 252 g/mol. The van der Waals surface area contributed by atoms with E-state index in [-0.39, 0.29) is 17.7 Å². The van der Waals surface area contributed by atoms with Crippen LogP contribution in [0.2, 0.25) is 0 Å². The van der Waals surface area contributed by atoms with Gasteiger partial charge in [-0.15, -0.1) is 0 Å². The number of carbonyl (C=O) groups excluding carboxylic acids is 2. The summed E-state index contributed by atoms with van der Waals surface area (Å²) >= 11 is 0. The van der Waals surface area contributed by atoms with Gasteiger partial charge in [-0.05, 0) is 6.42 Å². The molecule has 1 rings (SSSR count). The van der Waals surface area contributed by atoms with E-state index in [2.05, 4.69) is 10.6 Å². The Morgan fingerprint density at radius 2 is 1.89 bits per heavy atom. The highest BCUT2D eigenvalue weighted by Crippen LogP contribution is 2.18. The number of rotatable bonds is 6. The molecule has 0 saturated heterocycles. The Bertz CT molecular complexity index is 363. The van der Waals surface area contributed by atoms with Crippen LogP contribution < -0.4 is 22.1 Å². The predicted molar refractivity (Wildman–Crippen MR) is 69.5 cm³/mol. The van der Waals surface area contributed by atoms with E-state index >= 15 is 0 Å². The van der Waals surface area contributed by atoms with Crippen LogP contribution in [0.25, 0.3) is 0 Å². The first-order valence-electron chi connectivity index (χ1n) is 6.02. The molecule has 0 saturated carbocycles. The van der Waals surface area contributed by atoms with Gasteiger partial charge in [0.2, 0.25) is 11.8 Å². The van der Waals surface area contributed by atoms with Crippen molar-refractivity contribution in [1.82, 2.24) is 10.6 Å².